The minimum Gasteiger partial charge on any atom is -0.378 e. The number of carbonyl (C=O) groups is 1. The van der Waals surface area contributed by atoms with Gasteiger partial charge in [0.1, 0.15) is 0 Å². The van der Waals surface area contributed by atoms with Gasteiger partial charge in [-0.15, -0.1) is 0 Å². The first-order chi connectivity index (χ1) is 8.68. The van der Waals surface area contributed by atoms with Gasteiger partial charge in [0, 0.05) is 25.2 Å². The van der Waals surface area contributed by atoms with Crippen molar-refractivity contribution in [3.63, 3.8) is 0 Å². The zero-order valence-corrected chi connectivity index (χ0v) is 11.5. The Labute approximate surface area is 109 Å². The Morgan fingerprint density at radius 2 is 1.83 bits per heavy atom. The van der Waals surface area contributed by atoms with Crippen LogP contribution in [0.4, 0.5) is 0 Å². The van der Waals surface area contributed by atoms with E-state index in [1.54, 1.807) is 0 Å². The van der Waals surface area contributed by atoms with Crippen molar-refractivity contribution in [3.8, 4) is 0 Å². The van der Waals surface area contributed by atoms with Crippen LogP contribution in [0.15, 0.2) is 0 Å². The number of amides is 1. The summed E-state index contributed by atoms with van der Waals surface area (Å²) in [6, 6.07) is 1.04. The minimum atomic E-state index is 0.184. The molecule has 2 aliphatic rings. The molecule has 2 atom stereocenters. The van der Waals surface area contributed by atoms with Gasteiger partial charge in [-0.25, -0.2) is 10.4 Å². The maximum Gasteiger partial charge on any atom is 0.238 e. The molecule has 5 nitrogen and oxygen atoms in total. The number of rotatable bonds is 3. The lowest BCUT2D eigenvalue weighted by Crippen LogP contribution is -2.55. The number of nitrogens with zero attached hydrogens (tertiary/aromatic N) is 2. The predicted octanol–water partition coefficient (Wildman–Crippen LogP) is 0.613. The van der Waals surface area contributed by atoms with E-state index < -0.39 is 0 Å². The van der Waals surface area contributed by atoms with E-state index in [-0.39, 0.29) is 5.91 Å². The average Bonchev–Trinajstić information content (AvgIpc) is 2.39. The molecule has 2 rings (SSSR count). The lowest BCUT2D eigenvalue weighted by Gasteiger charge is -2.39. The number of morpholine rings is 1. The first-order valence-electron chi connectivity index (χ1n) is 7.06. The highest BCUT2D eigenvalue weighted by molar-refractivity contribution is 5.78. The number of carbonyl (C=O) groups excluding carboxylic acids is 1. The lowest BCUT2D eigenvalue weighted by molar-refractivity contribution is -0.135. The van der Waals surface area contributed by atoms with Crippen LogP contribution in [-0.2, 0) is 9.53 Å². The fraction of sp³-hybridized carbons (Fsp3) is 0.923. The molecule has 2 fully saturated rings. The maximum absolute atomic E-state index is 12.0. The summed E-state index contributed by atoms with van der Waals surface area (Å²) in [5.74, 6) is 0.184. The van der Waals surface area contributed by atoms with Gasteiger partial charge in [0.05, 0.1) is 19.8 Å². The molecule has 2 heterocycles. The Kier molecular flexibility index (Phi) is 4.97. The number of hydrogen-bond acceptors (Lipinski definition) is 4. The standard InChI is InChI=1S/C13H25N3O2/c1-11-4-3-5-12(2)16(11)14-10-13(17)15-6-8-18-9-7-15/h11-12,14H,3-10H2,1-2H3. The fourth-order valence-corrected chi connectivity index (χ4v) is 2.82. The number of ether oxygens (including phenoxy) is 1. The third-order valence-electron chi connectivity index (χ3n) is 3.97. The molecular formula is C13H25N3O2. The monoisotopic (exact) mass is 255 g/mol. The number of nitrogens with one attached hydrogen (secondary N) is 1. The quantitative estimate of drug-likeness (QED) is 0.803. The Bertz CT molecular complexity index is 269. The van der Waals surface area contributed by atoms with Crippen molar-refractivity contribution in [1.29, 1.82) is 0 Å². The van der Waals surface area contributed by atoms with Crippen LogP contribution >= 0.6 is 0 Å². The highest BCUT2D eigenvalue weighted by Gasteiger charge is 2.25. The number of piperidine rings is 1. The van der Waals surface area contributed by atoms with Crippen molar-refractivity contribution in [3.05, 3.63) is 0 Å². The van der Waals surface area contributed by atoms with Gasteiger partial charge >= 0.3 is 0 Å². The smallest absolute Gasteiger partial charge is 0.238 e. The van der Waals surface area contributed by atoms with Crippen LogP contribution in [0.2, 0.25) is 0 Å². The largest absolute Gasteiger partial charge is 0.378 e. The summed E-state index contributed by atoms with van der Waals surface area (Å²) >= 11 is 0. The fourth-order valence-electron chi connectivity index (χ4n) is 2.82. The molecule has 1 amide bonds. The van der Waals surface area contributed by atoms with Crippen molar-refractivity contribution in [2.75, 3.05) is 32.8 Å². The summed E-state index contributed by atoms with van der Waals surface area (Å²) in [5.41, 5.74) is 3.32. The third kappa shape index (κ3) is 3.43. The zero-order valence-electron chi connectivity index (χ0n) is 11.5. The topological polar surface area (TPSA) is 44.8 Å². The normalized spacial score (nSPS) is 30.4. The highest BCUT2D eigenvalue weighted by atomic mass is 16.5. The third-order valence-corrected chi connectivity index (χ3v) is 3.97. The number of hydrogen-bond donors (Lipinski definition) is 1. The van der Waals surface area contributed by atoms with Crippen molar-refractivity contribution >= 4 is 5.91 Å². The zero-order chi connectivity index (χ0) is 13.0. The minimum absolute atomic E-state index is 0.184. The first kappa shape index (κ1) is 13.8. The molecule has 0 aliphatic carbocycles. The highest BCUT2D eigenvalue weighted by Crippen LogP contribution is 2.19. The summed E-state index contributed by atoms with van der Waals surface area (Å²) in [6.07, 6.45) is 3.71. The molecule has 0 aromatic carbocycles. The van der Waals surface area contributed by atoms with Gasteiger partial charge in [-0.05, 0) is 26.7 Å². The van der Waals surface area contributed by atoms with Gasteiger partial charge < -0.3 is 9.64 Å². The van der Waals surface area contributed by atoms with Gasteiger partial charge in [0.25, 0.3) is 0 Å². The van der Waals surface area contributed by atoms with Gasteiger partial charge in [-0.1, -0.05) is 6.42 Å². The molecule has 18 heavy (non-hydrogen) atoms. The molecule has 0 saturated carbocycles. The summed E-state index contributed by atoms with van der Waals surface area (Å²) in [6.45, 7) is 7.65. The van der Waals surface area contributed by atoms with Crippen molar-refractivity contribution in [2.24, 2.45) is 0 Å². The van der Waals surface area contributed by atoms with E-state index in [2.05, 4.69) is 24.3 Å². The maximum atomic E-state index is 12.0. The van der Waals surface area contributed by atoms with Crippen LogP contribution in [0.5, 0.6) is 0 Å². The van der Waals surface area contributed by atoms with E-state index in [1.165, 1.54) is 19.3 Å². The van der Waals surface area contributed by atoms with E-state index in [0.29, 0.717) is 31.8 Å². The second-order valence-corrected chi connectivity index (χ2v) is 5.36. The molecule has 104 valence electrons. The Balaban J connectivity index is 1.77. The molecule has 0 aromatic rings. The molecule has 0 radical (unpaired) electrons. The van der Waals surface area contributed by atoms with Crippen LogP contribution in [0, 0.1) is 0 Å². The summed E-state index contributed by atoms with van der Waals surface area (Å²) < 4.78 is 5.25. The molecular weight excluding hydrogens is 230 g/mol. The number of hydrazine groups is 1. The van der Waals surface area contributed by atoms with E-state index >= 15 is 0 Å². The molecule has 2 aliphatic heterocycles. The summed E-state index contributed by atoms with van der Waals surface area (Å²) in [4.78, 5) is 13.9. The molecule has 2 saturated heterocycles. The average molecular weight is 255 g/mol. The SMILES string of the molecule is CC1CCCC(C)N1NCC(=O)N1CCOCC1. The molecule has 2 unspecified atom stereocenters. The lowest BCUT2D eigenvalue weighted by atomic mass is 10.00. The molecule has 5 heteroatoms. The van der Waals surface area contributed by atoms with Gasteiger partial charge in [0.15, 0.2) is 0 Å². The predicted molar refractivity (Wildman–Crippen MR) is 70.0 cm³/mol. The van der Waals surface area contributed by atoms with Crippen LogP contribution < -0.4 is 5.43 Å². The van der Waals surface area contributed by atoms with Crippen LogP contribution in [0.1, 0.15) is 33.1 Å². The van der Waals surface area contributed by atoms with Crippen LogP contribution in [0.25, 0.3) is 0 Å². The van der Waals surface area contributed by atoms with Crippen LogP contribution in [0.3, 0.4) is 0 Å². The Morgan fingerprint density at radius 1 is 1.22 bits per heavy atom. The molecule has 0 spiro atoms. The first-order valence-corrected chi connectivity index (χ1v) is 7.06. The Hall–Kier alpha value is -0.650. The second-order valence-electron chi connectivity index (χ2n) is 5.36. The van der Waals surface area contributed by atoms with E-state index in [4.69, 9.17) is 4.74 Å². The van der Waals surface area contributed by atoms with Crippen LogP contribution in [-0.4, -0.2) is 60.7 Å². The van der Waals surface area contributed by atoms with E-state index in [1.807, 2.05) is 4.90 Å². The van der Waals surface area contributed by atoms with Crippen molar-refractivity contribution < 1.29 is 9.53 Å². The molecule has 0 aromatic heterocycles. The van der Waals surface area contributed by atoms with Crippen molar-refractivity contribution in [2.45, 2.75) is 45.2 Å². The Morgan fingerprint density at radius 3 is 2.44 bits per heavy atom. The summed E-state index contributed by atoms with van der Waals surface area (Å²) in [7, 11) is 0. The van der Waals surface area contributed by atoms with Gasteiger partial charge in [-0.3, -0.25) is 4.79 Å². The molecule has 0 bridgehead atoms. The van der Waals surface area contributed by atoms with E-state index in [9.17, 15) is 4.79 Å². The second kappa shape index (κ2) is 6.50. The van der Waals surface area contributed by atoms with Gasteiger partial charge in [-0.2, -0.15) is 0 Å². The van der Waals surface area contributed by atoms with E-state index in [0.717, 1.165) is 13.1 Å². The van der Waals surface area contributed by atoms with Crippen molar-refractivity contribution in [1.82, 2.24) is 15.3 Å². The summed E-state index contributed by atoms with van der Waals surface area (Å²) in [5, 5.41) is 2.25. The molecule has 1 N–H and O–H groups in total. The van der Waals surface area contributed by atoms with Gasteiger partial charge in [0.2, 0.25) is 5.91 Å².